The molecule has 1 aliphatic rings. The molecule has 1 aromatic heterocycles. The minimum absolute atomic E-state index is 0.552. The maximum absolute atomic E-state index is 12.2. The summed E-state index contributed by atoms with van der Waals surface area (Å²) in [5, 5.41) is 9.98. The van der Waals surface area contributed by atoms with Gasteiger partial charge < -0.3 is 14.6 Å². The summed E-state index contributed by atoms with van der Waals surface area (Å²) in [6, 6.07) is 6.26. The molecule has 0 bridgehead atoms. The van der Waals surface area contributed by atoms with Crippen molar-refractivity contribution in [3.05, 3.63) is 39.1 Å². The molecule has 0 spiro atoms. The number of carboxylic acid groups (broad SMARTS) is 1. The molecule has 0 amide bonds. The molecule has 0 aliphatic carbocycles. The molecule has 4 nitrogen and oxygen atoms in total. The minimum Gasteiger partial charge on any atom is -0.493 e. The van der Waals surface area contributed by atoms with Crippen molar-refractivity contribution in [1.82, 2.24) is 0 Å². The van der Waals surface area contributed by atoms with E-state index in [0.29, 0.717) is 0 Å². The summed E-state index contributed by atoms with van der Waals surface area (Å²) in [5.74, 6) is 0.00249. The second-order valence-corrected chi connectivity index (χ2v) is 9.65. The number of rotatable bonds is 6. The van der Waals surface area contributed by atoms with Gasteiger partial charge >= 0.3 is 5.97 Å². The first-order valence-electron chi connectivity index (χ1n) is 10.00. The highest BCUT2D eigenvalue weighted by Crippen LogP contribution is 2.44. The van der Waals surface area contributed by atoms with Gasteiger partial charge in [0.25, 0.3) is 0 Å². The van der Waals surface area contributed by atoms with Crippen LogP contribution < -0.4 is 4.74 Å². The summed E-state index contributed by atoms with van der Waals surface area (Å²) in [6.45, 7) is 10.6. The van der Waals surface area contributed by atoms with Crippen molar-refractivity contribution in [1.29, 1.82) is 0 Å². The standard InChI is InChI=1S/C23H30O4S/c1-6-8-18-20(16-10-11-17-15(13-16)9-7-12-26-17)19(14(2)28-18)21(22(24)25)27-23(3,4)5/h10-11,13,21H,6-9,12H2,1-5H3,(H,24,25). The molecule has 1 aromatic carbocycles. The van der Waals surface area contributed by atoms with Crippen molar-refractivity contribution in [2.24, 2.45) is 0 Å². The molecule has 1 unspecified atom stereocenters. The van der Waals surface area contributed by atoms with E-state index in [0.717, 1.165) is 59.6 Å². The van der Waals surface area contributed by atoms with E-state index in [-0.39, 0.29) is 0 Å². The lowest BCUT2D eigenvalue weighted by atomic mass is 9.92. The lowest BCUT2D eigenvalue weighted by Crippen LogP contribution is -2.27. The molecule has 152 valence electrons. The Bertz CT molecular complexity index is 860. The molecule has 28 heavy (non-hydrogen) atoms. The molecule has 0 saturated heterocycles. The zero-order valence-corrected chi connectivity index (χ0v) is 18.2. The average Bonchev–Trinajstić information content (AvgIpc) is 2.94. The van der Waals surface area contributed by atoms with Gasteiger partial charge in [-0.3, -0.25) is 0 Å². The predicted octanol–water partition coefficient (Wildman–Crippen LogP) is 5.94. The second-order valence-electron chi connectivity index (χ2n) is 8.34. The van der Waals surface area contributed by atoms with Crippen molar-refractivity contribution in [2.45, 2.75) is 72.0 Å². The lowest BCUT2D eigenvalue weighted by Gasteiger charge is -2.26. The van der Waals surface area contributed by atoms with Gasteiger partial charge in [0, 0.05) is 20.9 Å². The first-order valence-corrected chi connectivity index (χ1v) is 10.8. The van der Waals surface area contributed by atoms with Crippen LogP contribution in [0.2, 0.25) is 0 Å². The van der Waals surface area contributed by atoms with Crippen molar-refractivity contribution < 1.29 is 19.4 Å². The van der Waals surface area contributed by atoms with Crippen LogP contribution >= 0.6 is 11.3 Å². The zero-order chi connectivity index (χ0) is 20.5. The quantitative estimate of drug-likeness (QED) is 0.649. The van der Waals surface area contributed by atoms with Crippen molar-refractivity contribution >= 4 is 17.3 Å². The van der Waals surface area contributed by atoms with E-state index in [1.807, 2.05) is 33.8 Å². The molecule has 1 atom stereocenters. The summed E-state index contributed by atoms with van der Waals surface area (Å²) >= 11 is 1.69. The van der Waals surface area contributed by atoms with Gasteiger partial charge in [0.05, 0.1) is 12.2 Å². The van der Waals surface area contributed by atoms with Gasteiger partial charge in [0.15, 0.2) is 6.10 Å². The van der Waals surface area contributed by atoms with Crippen LogP contribution in [0, 0.1) is 6.92 Å². The largest absolute Gasteiger partial charge is 0.493 e. The summed E-state index contributed by atoms with van der Waals surface area (Å²) in [5.41, 5.74) is 3.55. The highest BCUT2D eigenvalue weighted by molar-refractivity contribution is 7.12. The Labute approximate surface area is 171 Å². The lowest BCUT2D eigenvalue weighted by molar-refractivity contribution is -0.160. The minimum atomic E-state index is -0.982. The molecule has 0 radical (unpaired) electrons. The topological polar surface area (TPSA) is 55.8 Å². The summed E-state index contributed by atoms with van der Waals surface area (Å²) in [7, 11) is 0. The van der Waals surface area contributed by atoms with Crippen LogP contribution in [0.5, 0.6) is 5.75 Å². The number of thiophene rings is 1. The van der Waals surface area contributed by atoms with Crippen LogP contribution in [0.15, 0.2) is 18.2 Å². The molecule has 3 rings (SSSR count). The Morgan fingerprint density at radius 1 is 1.36 bits per heavy atom. The highest BCUT2D eigenvalue weighted by Gasteiger charge is 2.33. The number of aryl methyl sites for hydroxylation is 3. The van der Waals surface area contributed by atoms with E-state index >= 15 is 0 Å². The van der Waals surface area contributed by atoms with Crippen LogP contribution in [0.1, 0.15) is 67.5 Å². The third-order valence-corrected chi connectivity index (χ3v) is 6.02. The van der Waals surface area contributed by atoms with Crippen LogP contribution in [0.3, 0.4) is 0 Å². The van der Waals surface area contributed by atoms with E-state index < -0.39 is 17.7 Å². The van der Waals surface area contributed by atoms with Gasteiger partial charge in [-0.15, -0.1) is 11.3 Å². The monoisotopic (exact) mass is 402 g/mol. The maximum Gasteiger partial charge on any atom is 0.337 e. The number of carboxylic acids is 1. The number of benzene rings is 1. The number of aliphatic carboxylic acids is 1. The Hall–Kier alpha value is -1.85. The van der Waals surface area contributed by atoms with Gasteiger partial charge in [-0.05, 0) is 70.2 Å². The fourth-order valence-corrected chi connectivity index (χ4v) is 5.08. The second kappa shape index (κ2) is 8.26. The van der Waals surface area contributed by atoms with Gasteiger partial charge in [0.1, 0.15) is 5.75 Å². The average molecular weight is 403 g/mol. The Morgan fingerprint density at radius 2 is 2.11 bits per heavy atom. The first-order chi connectivity index (χ1) is 13.2. The molecule has 0 saturated carbocycles. The predicted molar refractivity (Wildman–Crippen MR) is 114 cm³/mol. The van der Waals surface area contributed by atoms with Gasteiger partial charge in [-0.25, -0.2) is 4.79 Å². The third-order valence-electron chi connectivity index (χ3n) is 4.84. The highest BCUT2D eigenvalue weighted by atomic mass is 32.1. The third kappa shape index (κ3) is 4.41. The number of ether oxygens (including phenoxy) is 2. The fourth-order valence-electron chi connectivity index (χ4n) is 3.75. The SMILES string of the molecule is CCCc1sc(C)c(C(OC(C)(C)C)C(=O)O)c1-c1ccc2c(c1)CCCO2. The smallest absolute Gasteiger partial charge is 0.337 e. The van der Waals surface area contributed by atoms with Crippen molar-refractivity contribution in [3.8, 4) is 16.9 Å². The van der Waals surface area contributed by atoms with Gasteiger partial charge in [-0.1, -0.05) is 19.4 Å². The number of hydrogen-bond acceptors (Lipinski definition) is 4. The van der Waals surface area contributed by atoms with Gasteiger partial charge in [0.2, 0.25) is 0 Å². The van der Waals surface area contributed by atoms with Crippen molar-refractivity contribution in [3.63, 3.8) is 0 Å². The first kappa shape index (κ1) is 20.9. The maximum atomic E-state index is 12.2. The van der Waals surface area contributed by atoms with Gasteiger partial charge in [-0.2, -0.15) is 0 Å². The molecular formula is C23H30O4S. The molecule has 2 heterocycles. The number of carbonyl (C=O) groups is 1. The number of fused-ring (bicyclic) bond motifs is 1. The van der Waals surface area contributed by atoms with E-state index in [9.17, 15) is 9.90 Å². The molecular weight excluding hydrogens is 372 g/mol. The molecule has 0 fully saturated rings. The number of hydrogen-bond donors (Lipinski definition) is 1. The van der Waals surface area contributed by atoms with Crippen LogP contribution in [-0.2, 0) is 22.4 Å². The van der Waals surface area contributed by atoms with E-state index in [4.69, 9.17) is 9.47 Å². The Morgan fingerprint density at radius 3 is 2.75 bits per heavy atom. The fraction of sp³-hybridized carbons (Fsp3) is 0.522. The summed E-state index contributed by atoms with van der Waals surface area (Å²) in [4.78, 5) is 14.4. The molecule has 1 N–H and O–H groups in total. The molecule has 1 aliphatic heterocycles. The summed E-state index contributed by atoms with van der Waals surface area (Å²) < 4.78 is 11.8. The van der Waals surface area contributed by atoms with Crippen LogP contribution in [0.4, 0.5) is 0 Å². The molecule has 5 heteroatoms. The van der Waals surface area contributed by atoms with E-state index in [2.05, 4.69) is 19.1 Å². The summed E-state index contributed by atoms with van der Waals surface area (Å²) in [6.07, 6.45) is 2.96. The normalized spacial score (nSPS) is 15.0. The van der Waals surface area contributed by atoms with E-state index in [1.165, 1.54) is 10.4 Å². The van der Waals surface area contributed by atoms with Crippen LogP contribution in [-0.4, -0.2) is 23.3 Å². The van der Waals surface area contributed by atoms with Crippen LogP contribution in [0.25, 0.3) is 11.1 Å². The van der Waals surface area contributed by atoms with E-state index in [1.54, 1.807) is 11.3 Å². The van der Waals surface area contributed by atoms with Crippen molar-refractivity contribution in [2.75, 3.05) is 6.61 Å². The zero-order valence-electron chi connectivity index (χ0n) is 17.4. The Balaban J connectivity index is 2.17. The Kier molecular flexibility index (Phi) is 6.15. The molecule has 2 aromatic rings.